The maximum Gasteiger partial charge on any atom is 0.338 e. The van der Waals surface area contributed by atoms with Crippen LogP contribution >= 0.6 is 0 Å². The number of carbonyl (C=O) groups is 4. The molecule has 2 aromatic carbocycles. The molecular weight excluding hydrogens is 384 g/mol. The van der Waals surface area contributed by atoms with Crippen molar-refractivity contribution in [1.82, 2.24) is 4.90 Å². The van der Waals surface area contributed by atoms with Crippen LogP contribution in [0.3, 0.4) is 0 Å². The van der Waals surface area contributed by atoms with Crippen molar-refractivity contribution < 1.29 is 23.9 Å². The highest BCUT2D eigenvalue weighted by atomic mass is 16.5. The lowest BCUT2D eigenvalue weighted by molar-refractivity contribution is -0.119. The fourth-order valence-electron chi connectivity index (χ4n) is 3.17. The molecule has 1 aliphatic rings. The van der Waals surface area contributed by atoms with E-state index in [0.717, 1.165) is 24.8 Å². The average Bonchev–Trinajstić information content (AvgIpc) is 3.00. The molecule has 0 unspecified atom stereocenters. The van der Waals surface area contributed by atoms with E-state index < -0.39 is 24.4 Å². The molecule has 7 nitrogen and oxygen atoms in total. The lowest BCUT2D eigenvalue weighted by Crippen LogP contribution is -2.30. The third-order valence-corrected chi connectivity index (χ3v) is 4.92. The Balaban J connectivity index is 1.60. The summed E-state index contributed by atoms with van der Waals surface area (Å²) < 4.78 is 5.06. The van der Waals surface area contributed by atoms with Crippen molar-refractivity contribution >= 4 is 29.4 Å². The SMILES string of the molecule is CCCCN1C(=O)c2ccc(C(=O)OCC(=O)Nc3ccc(CC)cc3)cc2C1=O. The first-order valence-corrected chi connectivity index (χ1v) is 10.0. The van der Waals surface area contributed by atoms with E-state index in [-0.39, 0.29) is 22.6 Å². The van der Waals surface area contributed by atoms with Crippen LogP contribution in [0.4, 0.5) is 5.69 Å². The van der Waals surface area contributed by atoms with E-state index in [1.165, 1.54) is 23.1 Å². The van der Waals surface area contributed by atoms with Crippen molar-refractivity contribution in [3.8, 4) is 0 Å². The first-order chi connectivity index (χ1) is 14.4. The summed E-state index contributed by atoms with van der Waals surface area (Å²) in [6.07, 6.45) is 2.48. The summed E-state index contributed by atoms with van der Waals surface area (Å²) in [4.78, 5) is 50.4. The minimum atomic E-state index is -0.735. The number of benzene rings is 2. The molecule has 30 heavy (non-hydrogen) atoms. The summed E-state index contributed by atoms with van der Waals surface area (Å²) in [6, 6.07) is 11.6. The van der Waals surface area contributed by atoms with Crippen LogP contribution in [0.1, 0.15) is 63.3 Å². The van der Waals surface area contributed by atoms with Crippen molar-refractivity contribution in [3.05, 3.63) is 64.7 Å². The van der Waals surface area contributed by atoms with Gasteiger partial charge < -0.3 is 10.1 Å². The second kappa shape index (κ2) is 9.35. The van der Waals surface area contributed by atoms with E-state index in [9.17, 15) is 19.2 Å². The normalized spacial score (nSPS) is 12.7. The van der Waals surface area contributed by atoms with Crippen LogP contribution in [0, 0.1) is 0 Å². The highest BCUT2D eigenvalue weighted by Gasteiger charge is 2.35. The van der Waals surface area contributed by atoms with Gasteiger partial charge in [-0.15, -0.1) is 0 Å². The molecule has 0 bridgehead atoms. The van der Waals surface area contributed by atoms with Gasteiger partial charge in [0.25, 0.3) is 17.7 Å². The number of rotatable bonds is 8. The van der Waals surface area contributed by atoms with Crippen LogP contribution in [0.25, 0.3) is 0 Å². The molecule has 3 amide bonds. The highest BCUT2D eigenvalue weighted by molar-refractivity contribution is 6.22. The van der Waals surface area contributed by atoms with Crippen LogP contribution in [0.5, 0.6) is 0 Å². The quantitative estimate of drug-likeness (QED) is 0.534. The summed E-state index contributed by atoms with van der Waals surface area (Å²) in [6.45, 7) is 3.91. The van der Waals surface area contributed by atoms with Crippen molar-refractivity contribution in [2.75, 3.05) is 18.5 Å². The smallest absolute Gasteiger partial charge is 0.338 e. The Morgan fingerprint density at radius 2 is 1.67 bits per heavy atom. The van der Waals surface area contributed by atoms with Gasteiger partial charge in [0.15, 0.2) is 6.61 Å². The van der Waals surface area contributed by atoms with E-state index in [2.05, 4.69) is 5.32 Å². The largest absolute Gasteiger partial charge is 0.452 e. The third-order valence-electron chi connectivity index (χ3n) is 4.92. The number of hydrogen-bond donors (Lipinski definition) is 1. The van der Waals surface area contributed by atoms with Crippen LogP contribution in [-0.4, -0.2) is 41.7 Å². The third kappa shape index (κ3) is 4.56. The Labute approximate surface area is 175 Å². The molecule has 2 aromatic rings. The fourth-order valence-corrected chi connectivity index (χ4v) is 3.17. The van der Waals surface area contributed by atoms with Gasteiger partial charge in [-0.05, 0) is 48.7 Å². The highest BCUT2D eigenvalue weighted by Crippen LogP contribution is 2.24. The lowest BCUT2D eigenvalue weighted by Gasteiger charge is -2.12. The van der Waals surface area contributed by atoms with Gasteiger partial charge in [0, 0.05) is 12.2 Å². The van der Waals surface area contributed by atoms with Crippen LogP contribution < -0.4 is 5.32 Å². The number of nitrogens with zero attached hydrogens (tertiary/aromatic N) is 1. The number of carbonyl (C=O) groups excluding carboxylic acids is 4. The number of unbranched alkanes of at least 4 members (excludes halogenated alkanes) is 1. The second-order valence-corrected chi connectivity index (χ2v) is 7.05. The van der Waals surface area contributed by atoms with E-state index in [4.69, 9.17) is 4.74 Å². The number of aryl methyl sites for hydroxylation is 1. The molecule has 0 atom stereocenters. The first kappa shape index (κ1) is 21.2. The molecule has 1 aliphatic heterocycles. The Morgan fingerprint density at radius 1 is 0.967 bits per heavy atom. The number of anilines is 1. The molecule has 156 valence electrons. The topological polar surface area (TPSA) is 92.8 Å². The van der Waals surface area contributed by atoms with Gasteiger partial charge in [0.05, 0.1) is 16.7 Å². The zero-order chi connectivity index (χ0) is 21.7. The van der Waals surface area contributed by atoms with Crippen LogP contribution in [0.15, 0.2) is 42.5 Å². The van der Waals surface area contributed by atoms with Crippen molar-refractivity contribution in [2.24, 2.45) is 0 Å². The molecule has 0 fully saturated rings. The molecule has 0 saturated heterocycles. The summed E-state index contributed by atoms with van der Waals surface area (Å²) in [7, 11) is 0. The zero-order valence-electron chi connectivity index (χ0n) is 17.1. The Hall–Kier alpha value is -3.48. The van der Waals surface area contributed by atoms with Gasteiger partial charge in [-0.1, -0.05) is 32.4 Å². The monoisotopic (exact) mass is 408 g/mol. The number of imide groups is 1. The number of fused-ring (bicyclic) bond motifs is 1. The molecule has 7 heteroatoms. The van der Waals surface area contributed by atoms with E-state index in [1.54, 1.807) is 12.1 Å². The van der Waals surface area contributed by atoms with E-state index >= 15 is 0 Å². The lowest BCUT2D eigenvalue weighted by atomic mass is 10.1. The minimum Gasteiger partial charge on any atom is -0.452 e. The molecule has 0 spiro atoms. The summed E-state index contributed by atoms with van der Waals surface area (Å²) in [5, 5.41) is 2.66. The maximum absolute atomic E-state index is 12.5. The number of hydrogen-bond acceptors (Lipinski definition) is 5. The number of amides is 3. The van der Waals surface area contributed by atoms with E-state index in [1.807, 2.05) is 26.0 Å². The van der Waals surface area contributed by atoms with Gasteiger partial charge in [-0.25, -0.2) is 4.79 Å². The molecule has 3 rings (SSSR count). The van der Waals surface area contributed by atoms with Gasteiger partial charge in [0.1, 0.15) is 0 Å². The van der Waals surface area contributed by atoms with Crippen molar-refractivity contribution in [3.63, 3.8) is 0 Å². The van der Waals surface area contributed by atoms with E-state index in [0.29, 0.717) is 12.2 Å². The molecule has 0 radical (unpaired) electrons. The maximum atomic E-state index is 12.5. The number of ether oxygens (including phenoxy) is 1. The Kier molecular flexibility index (Phi) is 6.61. The predicted octanol–water partition coefficient (Wildman–Crippen LogP) is 3.44. The average molecular weight is 408 g/mol. The molecule has 0 aromatic heterocycles. The second-order valence-electron chi connectivity index (χ2n) is 7.05. The van der Waals surface area contributed by atoms with Crippen LogP contribution in [-0.2, 0) is 16.0 Å². The number of esters is 1. The molecule has 0 saturated carbocycles. The molecule has 1 N–H and O–H groups in total. The van der Waals surface area contributed by atoms with Gasteiger partial charge in [-0.2, -0.15) is 0 Å². The standard InChI is InChI=1S/C23H24N2O5/c1-3-5-12-25-21(27)18-11-8-16(13-19(18)22(25)28)23(29)30-14-20(26)24-17-9-6-15(4-2)7-10-17/h6-11,13H,3-5,12,14H2,1-2H3,(H,24,26). The van der Waals surface area contributed by atoms with Crippen molar-refractivity contribution in [1.29, 1.82) is 0 Å². The Morgan fingerprint density at radius 3 is 2.33 bits per heavy atom. The van der Waals surface area contributed by atoms with Gasteiger partial charge in [0.2, 0.25) is 0 Å². The minimum absolute atomic E-state index is 0.118. The molecule has 1 heterocycles. The predicted molar refractivity (Wildman–Crippen MR) is 111 cm³/mol. The number of nitrogens with one attached hydrogen (secondary N) is 1. The molecular formula is C23H24N2O5. The zero-order valence-corrected chi connectivity index (χ0v) is 17.1. The Bertz CT molecular complexity index is 982. The van der Waals surface area contributed by atoms with Gasteiger partial charge in [-0.3, -0.25) is 19.3 Å². The summed E-state index contributed by atoms with van der Waals surface area (Å²) in [5.74, 6) is -1.96. The summed E-state index contributed by atoms with van der Waals surface area (Å²) >= 11 is 0. The van der Waals surface area contributed by atoms with Crippen molar-refractivity contribution in [2.45, 2.75) is 33.1 Å². The fraction of sp³-hybridized carbons (Fsp3) is 0.304. The van der Waals surface area contributed by atoms with Gasteiger partial charge >= 0.3 is 5.97 Å². The summed E-state index contributed by atoms with van der Waals surface area (Å²) in [5.41, 5.74) is 2.35. The van der Waals surface area contributed by atoms with Crippen LogP contribution in [0.2, 0.25) is 0 Å². The molecule has 0 aliphatic carbocycles. The first-order valence-electron chi connectivity index (χ1n) is 10.0.